The van der Waals surface area contributed by atoms with E-state index in [-0.39, 0.29) is 0 Å². The van der Waals surface area contributed by atoms with Crippen LogP contribution in [0.1, 0.15) is 18.4 Å². The van der Waals surface area contributed by atoms with Crippen molar-refractivity contribution in [2.75, 3.05) is 0 Å². The zero-order valence-corrected chi connectivity index (χ0v) is 6.33. The summed E-state index contributed by atoms with van der Waals surface area (Å²) in [6, 6.07) is 0.759. The van der Waals surface area contributed by atoms with Crippen LogP contribution in [0.3, 0.4) is 0 Å². The Kier molecular flexibility index (Phi) is 1.81. The number of rotatable bonds is 3. The first kappa shape index (κ1) is 6.73. The Morgan fingerprint density at radius 3 is 2.73 bits per heavy atom. The van der Waals surface area contributed by atoms with Gasteiger partial charge in [-0.05, 0) is 12.8 Å². The molecule has 1 aliphatic carbocycles. The highest BCUT2D eigenvalue weighted by Crippen LogP contribution is 2.18. The van der Waals surface area contributed by atoms with E-state index < -0.39 is 0 Å². The molecule has 0 radical (unpaired) electrons. The number of nitrogens with zero attached hydrogens (tertiary/aromatic N) is 2. The highest BCUT2D eigenvalue weighted by molar-refractivity contribution is 5.02. The SMILES string of the molecule is c1ncc(CNC2CC2)cn1. The van der Waals surface area contributed by atoms with Crippen molar-refractivity contribution in [2.24, 2.45) is 0 Å². The van der Waals surface area contributed by atoms with Crippen LogP contribution in [0.15, 0.2) is 18.7 Å². The molecule has 1 fully saturated rings. The van der Waals surface area contributed by atoms with E-state index >= 15 is 0 Å². The number of nitrogens with one attached hydrogen (secondary N) is 1. The van der Waals surface area contributed by atoms with Gasteiger partial charge in [0.05, 0.1) is 0 Å². The minimum absolute atomic E-state index is 0.759. The predicted molar refractivity (Wildman–Crippen MR) is 41.9 cm³/mol. The molecule has 0 atom stereocenters. The first-order chi connectivity index (χ1) is 5.45. The predicted octanol–water partition coefficient (Wildman–Crippen LogP) is 0.729. The van der Waals surface area contributed by atoms with Crippen LogP contribution in [0.25, 0.3) is 0 Å². The van der Waals surface area contributed by atoms with E-state index in [1.54, 1.807) is 6.33 Å². The van der Waals surface area contributed by atoms with Crippen LogP contribution in [0.5, 0.6) is 0 Å². The maximum atomic E-state index is 3.93. The summed E-state index contributed by atoms with van der Waals surface area (Å²) in [6.07, 6.45) is 7.91. The summed E-state index contributed by atoms with van der Waals surface area (Å²) in [4.78, 5) is 7.86. The van der Waals surface area contributed by atoms with E-state index in [9.17, 15) is 0 Å². The van der Waals surface area contributed by atoms with Gasteiger partial charge in [0.15, 0.2) is 0 Å². The fraction of sp³-hybridized carbons (Fsp3) is 0.500. The third kappa shape index (κ3) is 1.98. The highest BCUT2D eigenvalue weighted by atomic mass is 14.9. The van der Waals surface area contributed by atoms with Crippen molar-refractivity contribution >= 4 is 0 Å². The summed E-state index contributed by atoms with van der Waals surface area (Å²) in [5.74, 6) is 0. The molecule has 0 bridgehead atoms. The van der Waals surface area contributed by atoms with Gasteiger partial charge in [-0.1, -0.05) is 0 Å². The molecule has 11 heavy (non-hydrogen) atoms. The van der Waals surface area contributed by atoms with Gasteiger partial charge in [-0.25, -0.2) is 9.97 Å². The largest absolute Gasteiger partial charge is 0.310 e. The van der Waals surface area contributed by atoms with Crippen molar-refractivity contribution in [1.82, 2.24) is 15.3 Å². The smallest absolute Gasteiger partial charge is 0.115 e. The number of hydrogen-bond acceptors (Lipinski definition) is 3. The zero-order valence-electron chi connectivity index (χ0n) is 6.33. The Morgan fingerprint density at radius 2 is 2.09 bits per heavy atom. The molecule has 3 nitrogen and oxygen atoms in total. The molecule has 2 rings (SSSR count). The van der Waals surface area contributed by atoms with Crippen molar-refractivity contribution < 1.29 is 0 Å². The van der Waals surface area contributed by atoms with Crippen LogP contribution >= 0.6 is 0 Å². The molecule has 0 saturated heterocycles. The molecular weight excluding hydrogens is 138 g/mol. The third-order valence-electron chi connectivity index (χ3n) is 1.79. The Hall–Kier alpha value is -0.960. The molecule has 1 aromatic heterocycles. The third-order valence-corrected chi connectivity index (χ3v) is 1.79. The van der Waals surface area contributed by atoms with Gasteiger partial charge in [-0.15, -0.1) is 0 Å². The lowest BCUT2D eigenvalue weighted by Gasteiger charge is -1.99. The standard InChI is InChI=1S/C8H11N3/c1-2-8(1)11-5-7-3-9-6-10-4-7/h3-4,6,8,11H,1-2,5H2. The summed E-state index contributed by atoms with van der Waals surface area (Å²) >= 11 is 0. The van der Waals surface area contributed by atoms with Crippen LogP contribution in [0.2, 0.25) is 0 Å². The number of hydrogen-bond donors (Lipinski definition) is 1. The Labute approximate surface area is 65.9 Å². The Bertz CT molecular complexity index is 218. The molecule has 58 valence electrons. The van der Waals surface area contributed by atoms with Crippen molar-refractivity contribution in [3.05, 3.63) is 24.3 Å². The van der Waals surface area contributed by atoms with E-state index in [1.165, 1.54) is 18.4 Å². The lowest BCUT2D eigenvalue weighted by molar-refractivity contribution is 0.683. The van der Waals surface area contributed by atoms with Gasteiger partial charge < -0.3 is 5.32 Å². The fourth-order valence-corrected chi connectivity index (χ4v) is 0.971. The summed E-state index contributed by atoms with van der Waals surface area (Å²) in [5.41, 5.74) is 1.17. The second-order valence-electron chi connectivity index (χ2n) is 2.90. The molecule has 0 amide bonds. The molecule has 0 aliphatic heterocycles. The minimum Gasteiger partial charge on any atom is -0.310 e. The van der Waals surface area contributed by atoms with Crippen molar-refractivity contribution in [3.63, 3.8) is 0 Å². The lowest BCUT2D eigenvalue weighted by Crippen LogP contribution is -2.15. The molecule has 1 N–H and O–H groups in total. The Morgan fingerprint density at radius 1 is 1.36 bits per heavy atom. The molecule has 0 aromatic carbocycles. The first-order valence-electron chi connectivity index (χ1n) is 3.92. The van der Waals surface area contributed by atoms with Crippen molar-refractivity contribution in [1.29, 1.82) is 0 Å². The van der Waals surface area contributed by atoms with E-state index in [4.69, 9.17) is 0 Å². The van der Waals surface area contributed by atoms with Crippen LogP contribution in [-0.2, 0) is 6.54 Å². The number of aromatic nitrogens is 2. The van der Waals surface area contributed by atoms with Gasteiger partial charge in [0, 0.05) is 30.5 Å². The maximum Gasteiger partial charge on any atom is 0.115 e. The van der Waals surface area contributed by atoms with Gasteiger partial charge in [0.2, 0.25) is 0 Å². The monoisotopic (exact) mass is 149 g/mol. The highest BCUT2D eigenvalue weighted by Gasteiger charge is 2.19. The van der Waals surface area contributed by atoms with Crippen LogP contribution in [0.4, 0.5) is 0 Å². The lowest BCUT2D eigenvalue weighted by atomic mass is 10.3. The summed E-state index contributed by atoms with van der Waals surface area (Å²) in [5, 5.41) is 3.39. The normalized spacial score (nSPS) is 16.7. The average Bonchev–Trinajstić information content (AvgIpc) is 2.86. The fourth-order valence-electron chi connectivity index (χ4n) is 0.971. The molecule has 0 unspecified atom stereocenters. The van der Waals surface area contributed by atoms with Crippen LogP contribution in [-0.4, -0.2) is 16.0 Å². The second kappa shape index (κ2) is 2.96. The van der Waals surface area contributed by atoms with Gasteiger partial charge >= 0.3 is 0 Å². The van der Waals surface area contributed by atoms with Crippen LogP contribution < -0.4 is 5.32 Å². The molecule has 0 spiro atoms. The van der Waals surface area contributed by atoms with E-state index in [2.05, 4.69) is 15.3 Å². The van der Waals surface area contributed by atoms with Crippen molar-refractivity contribution in [3.8, 4) is 0 Å². The van der Waals surface area contributed by atoms with E-state index in [0.717, 1.165) is 12.6 Å². The topological polar surface area (TPSA) is 37.8 Å². The van der Waals surface area contributed by atoms with Crippen LogP contribution in [0, 0.1) is 0 Å². The van der Waals surface area contributed by atoms with E-state index in [1.807, 2.05) is 12.4 Å². The first-order valence-corrected chi connectivity index (χ1v) is 3.92. The molecule has 1 aromatic rings. The summed E-state index contributed by atoms with van der Waals surface area (Å²) in [7, 11) is 0. The van der Waals surface area contributed by atoms with Gasteiger partial charge in [-0.2, -0.15) is 0 Å². The molecule has 1 heterocycles. The summed E-state index contributed by atoms with van der Waals surface area (Å²) < 4.78 is 0. The Balaban J connectivity index is 1.85. The minimum atomic E-state index is 0.759. The van der Waals surface area contributed by atoms with Gasteiger partial charge in [-0.3, -0.25) is 0 Å². The quantitative estimate of drug-likeness (QED) is 0.688. The second-order valence-corrected chi connectivity index (χ2v) is 2.90. The molecule has 3 heteroatoms. The molecule has 1 saturated carbocycles. The molecule has 1 aliphatic rings. The zero-order chi connectivity index (χ0) is 7.52. The molecular formula is C8H11N3. The summed E-state index contributed by atoms with van der Waals surface area (Å²) in [6.45, 7) is 0.908. The van der Waals surface area contributed by atoms with E-state index in [0.29, 0.717) is 0 Å². The van der Waals surface area contributed by atoms with Gasteiger partial charge in [0.1, 0.15) is 6.33 Å². The average molecular weight is 149 g/mol. The van der Waals surface area contributed by atoms with Crippen molar-refractivity contribution in [2.45, 2.75) is 25.4 Å². The maximum absolute atomic E-state index is 3.93. The van der Waals surface area contributed by atoms with Gasteiger partial charge in [0.25, 0.3) is 0 Å².